The first-order chi connectivity index (χ1) is 14.8. The number of aryl methyl sites for hydroxylation is 1. The Bertz CT molecular complexity index is 1030. The van der Waals surface area contributed by atoms with Crippen LogP contribution in [0.5, 0.6) is 0 Å². The number of thioether (sulfide) groups is 1. The van der Waals surface area contributed by atoms with E-state index in [0.717, 1.165) is 27.8 Å². The first kappa shape index (κ1) is 23.1. The number of carbonyl (C=O) groups excluding carboxylic acids is 1. The highest BCUT2D eigenvalue weighted by atomic mass is 32.2. The fourth-order valence-corrected chi connectivity index (χ4v) is 4.34. The molecule has 0 spiro atoms. The van der Waals surface area contributed by atoms with Gasteiger partial charge in [0.2, 0.25) is 5.91 Å². The first-order valence-corrected chi connectivity index (χ1v) is 11.8. The molecule has 5 nitrogen and oxygen atoms in total. The van der Waals surface area contributed by atoms with Crippen LogP contribution >= 0.6 is 11.8 Å². The van der Waals surface area contributed by atoms with Gasteiger partial charge in [-0.2, -0.15) is 0 Å². The van der Waals surface area contributed by atoms with Gasteiger partial charge >= 0.3 is 0 Å². The molecule has 0 atom stereocenters. The Hall–Kier alpha value is -2.60. The maximum atomic E-state index is 12.5. The van der Waals surface area contributed by atoms with E-state index in [4.69, 9.17) is 0 Å². The van der Waals surface area contributed by atoms with E-state index in [9.17, 15) is 4.79 Å². The maximum absolute atomic E-state index is 12.5. The molecule has 0 aliphatic heterocycles. The van der Waals surface area contributed by atoms with Crippen LogP contribution in [0.1, 0.15) is 45.7 Å². The van der Waals surface area contributed by atoms with Crippen molar-refractivity contribution >= 4 is 17.7 Å². The van der Waals surface area contributed by atoms with Crippen molar-refractivity contribution in [2.45, 2.75) is 52.1 Å². The molecule has 31 heavy (non-hydrogen) atoms. The number of aromatic nitrogens is 3. The van der Waals surface area contributed by atoms with Crippen molar-refractivity contribution in [1.29, 1.82) is 0 Å². The predicted molar refractivity (Wildman–Crippen MR) is 129 cm³/mol. The van der Waals surface area contributed by atoms with Crippen LogP contribution in [0.2, 0.25) is 0 Å². The Morgan fingerprint density at radius 2 is 1.65 bits per heavy atom. The summed E-state index contributed by atoms with van der Waals surface area (Å²) < 4.78 is 2.07. The summed E-state index contributed by atoms with van der Waals surface area (Å²) in [6.07, 6.45) is 0. The number of amides is 1. The third-order valence-electron chi connectivity index (χ3n) is 5.44. The minimum Gasteiger partial charge on any atom is -0.343 e. The van der Waals surface area contributed by atoms with Crippen molar-refractivity contribution in [1.82, 2.24) is 19.7 Å². The van der Waals surface area contributed by atoms with E-state index in [1.165, 1.54) is 17.3 Å². The zero-order valence-corrected chi connectivity index (χ0v) is 20.2. The van der Waals surface area contributed by atoms with Gasteiger partial charge in [-0.25, -0.2) is 0 Å². The van der Waals surface area contributed by atoms with Crippen LogP contribution in [0, 0.1) is 6.92 Å². The number of para-hydroxylation sites is 1. The monoisotopic (exact) mass is 436 g/mol. The second-order valence-corrected chi connectivity index (χ2v) is 9.55. The molecule has 0 unspecified atom stereocenters. The molecule has 0 bridgehead atoms. The Morgan fingerprint density at radius 1 is 1.00 bits per heavy atom. The summed E-state index contributed by atoms with van der Waals surface area (Å²) in [5.74, 6) is 1.24. The van der Waals surface area contributed by atoms with Crippen LogP contribution in [-0.4, -0.2) is 44.4 Å². The summed E-state index contributed by atoms with van der Waals surface area (Å²) in [5, 5.41) is 9.72. The van der Waals surface area contributed by atoms with E-state index < -0.39 is 0 Å². The average Bonchev–Trinajstić information content (AvgIpc) is 3.16. The van der Waals surface area contributed by atoms with Gasteiger partial charge in [0.25, 0.3) is 0 Å². The standard InChI is InChI=1S/C25H32N4OS/c1-7-28(8-2)22(30)17-31-24-27-26-23(29(24)21-12-10-9-11-18(21)3)19-13-15-20(16-14-19)25(4,5)6/h9-16H,7-8,17H2,1-6H3. The first-order valence-electron chi connectivity index (χ1n) is 10.8. The molecule has 1 heterocycles. The van der Waals surface area contributed by atoms with Gasteiger partial charge < -0.3 is 4.90 Å². The van der Waals surface area contributed by atoms with Gasteiger partial charge in [0, 0.05) is 18.7 Å². The lowest BCUT2D eigenvalue weighted by molar-refractivity contribution is -0.127. The second kappa shape index (κ2) is 9.69. The summed E-state index contributed by atoms with van der Waals surface area (Å²) in [6.45, 7) is 14.1. The van der Waals surface area contributed by atoms with Crippen molar-refractivity contribution in [2.24, 2.45) is 0 Å². The van der Waals surface area contributed by atoms with Crippen LogP contribution in [0.15, 0.2) is 53.7 Å². The Labute approximate surface area is 189 Å². The lowest BCUT2D eigenvalue weighted by atomic mass is 9.87. The van der Waals surface area contributed by atoms with E-state index in [1.54, 1.807) is 0 Å². The SMILES string of the molecule is CCN(CC)C(=O)CSc1nnc(-c2ccc(C(C)(C)C)cc2)n1-c1ccccc1C. The fourth-order valence-electron chi connectivity index (χ4n) is 3.50. The van der Waals surface area contributed by atoms with Gasteiger partial charge in [-0.3, -0.25) is 9.36 Å². The summed E-state index contributed by atoms with van der Waals surface area (Å²) >= 11 is 1.44. The summed E-state index contributed by atoms with van der Waals surface area (Å²) in [5.41, 5.74) is 4.53. The molecule has 0 N–H and O–H groups in total. The molecule has 0 saturated heterocycles. The minimum absolute atomic E-state index is 0.0913. The van der Waals surface area contributed by atoms with Gasteiger partial charge in [-0.1, -0.05) is 75.0 Å². The number of nitrogens with zero attached hydrogens (tertiary/aromatic N) is 4. The van der Waals surface area contributed by atoms with Crippen LogP contribution in [0.3, 0.4) is 0 Å². The number of carbonyl (C=O) groups is 1. The second-order valence-electron chi connectivity index (χ2n) is 8.61. The highest BCUT2D eigenvalue weighted by Gasteiger charge is 2.20. The molecular weight excluding hydrogens is 404 g/mol. The lowest BCUT2D eigenvalue weighted by Crippen LogP contribution is -2.31. The Kier molecular flexibility index (Phi) is 7.21. The third kappa shape index (κ3) is 5.18. The third-order valence-corrected chi connectivity index (χ3v) is 6.35. The van der Waals surface area contributed by atoms with E-state index in [0.29, 0.717) is 18.8 Å². The number of hydrogen-bond acceptors (Lipinski definition) is 4. The molecule has 1 amide bonds. The van der Waals surface area contributed by atoms with Gasteiger partial charge in [0.15, 0.2) is 11.0 Å². The lowest BCUT2D eigenvalue weighted by Gasteiger charge is -2.19. The zero-order chi connectivity index (χ0) is 22.6. The molecule has 0 fully saturated rings. The number of hydrogen-bond donors (Lipinski definition) is 0. The highest BCUT2D eigenvalue weighted by molar-refractivity contribution is 7.99. The van der Waals surface area contributed by atoms with Crippen LogP contribution in [0.4, 0.5) is 0 Å². The van der Waals surface area contributed by atoms with Gasteiger partial charge in [0.1, 0.15) is 0 Å². The maximum Gasteiger partial charge on any atom is 0.233 e. The normalized spacial score (nSPS) is 11.5. The molecule has 0 saturated carbocycles. The molecular formula is C25H32N4OS. The average molecular weight is 437 g/mol. The van der Waals surface area contributed by atoms with Crippen molar-refractivity contribution < 1.29 is 4.79 Å². The number of benzene rings is 2. The zero-order valence-electron chi connectivity index (χ0n) is 19.3. The summed E-state index contributed by atoms with van der Waals surface area (Å²) in [4.78, 5) is 14.4. The van der Waals surface area contributed by atoms with Crippen molar-refractivity contribution in [3.8, 4) is 17.1 Å². The molecule has 6 heteroatoms. The van der Waals surface area contributed by atoms with Crippen molar-refractivity contribution in [3.63, 3.8) is 0 Å². The molecule has 0 aliphatic rings. The van der Waals surface area contributed by atoms with Gasteiger partial charge in [0.05, 0.1) is 11.4 Å². The summed E-state index contributed by atoms with van der Waals surface area (Å²) in [6, 6.07) is 16.7. The largest absolute Gasteiger partial charge is 0.343 e. The van der Waals surface area contributed by atoms with Crippen LogP contribution in [-0.2, 0) is 10.2 Å². The Morgan fingerprint density at radius 3 is 2.23 bits per heavy atom. The van der Waals surface area contributed by atoms with Crippen LogP contribution in [0.25, 0.3) is 17.1 Å². The molecule has 164 valence electrons. The predicted octanol–water partition coefficient (Wildman–Crippen LogP) is 5.50. The quantitative estimate of drug-likeness (QED) is 0.459. The van der Waals surface area contributed by atoms with Crippen molar-refractivity contribution in [2.75, 3.05) is 18.8 Å². The van der Waals surface area contributed by atoms with Gasteiger partial charge in [-0.15, -0.1) is 10.2 Å². The van der Waals surface area contributed by atoms with E-state index >= 15 is 0 Å². The molecule has 2 aromatic carbocycles. The molecule has 0 radical (unpaired) electrons. The molecule has 3 aromatic rings. The highest BCUT2D eigenvalue weighted by Crippen LogP contribution is 2.31. The van der Waals surface area contributed by atoms with Gasteiger partial charge in [-0.05, 0) is 43.4 Å². The molecule has 3 rings (SSSR count). The topological polar surface area (TPSA) is 51.0 Å². The van der Waals surface area contributed by atoms with E-state index in [-0.39, 0.29) is 11.3 Å². The molecule has 0 aliphatic carbocycles. The Balaban J connectivity index is 2.01. The van der Waals surface area contributed by atoms with E-state index in [2.05, 4.69) is 78.9 Å². The minimum atomic E-state index is 0.0913. The smallest absolute Gasteiger partial charge is 0.233 e. The number of rotatable bonds is 7. The molecule has 1 aromatic heterocycles. The summed E-state index contributed by atoms with van der Waals surface area (Å²) in [7, 11) is 0. The van der Waals surface area contributed by atoms with E-state index in [1.807, 2.05) is 30.9 Å². The van der Waals surface area contributed by atoms with Crippen LogP contribution < -0.4 is 0 Å². The fraction of sp³-hybridized carbons (Fsp3) is 0.400. The van der Waals surface area contributed by atoms with Crippen molar-refractivity contribution in [3.05, 3.63) is 59.7 Å².